The van der Waals surface area contributed by atoms with Crippen LogP contribution in [0.3, 0.4) is 0 Å². The number of aromatic amines is 1. The summed E-state index contributed by atoms with van der Waals surface area (Å²) in [5, 5.41) is 11.4. The maximum absolute atomic E-state index is 12.2. The van der Waals surface area contributed by atoms with Gasteiger partial charge in [0.25, 0.3) is 0 Å². The average Bonchev–Trinajstić information content (AvgIpc) is 3.33. The fourth-order valence-electron chi connectivity index (χ4n) is 3.14. The van der Waals surface area contributed by atoms with Crippen LogP contribution in [-0.2, 0) is 11.3 Å². The monoisotopic (exact) mass is 451 g/mol. The van der Waals surface area contributed by atoms with Crippen molar-refractivity contribution in [2.24, 2.45) is 0 Å². The molecule has 2 N–H and O–H groups in total. The third kappa shape index (κ3) is 4.71. The van der Waals surface area contributed by atoms with E-state index in [2.05, 4.69) is 20.5 Å². The van der Waals surface area contributed by atoms with Crippen LogP contribution in [0.1, 0.15) is 5.56 Å². The van der Waals surface area contributed by atoms with Gasteiger partial charge in [-0.15, -0.1) is 0 Å². The van der Waals surface area contributed by atoms with Crippen LogP contribution in [0.25, 0.3) is 22.0 Å². The first kappa shape index (κ1) is 20.9. The highest BCUT2D eigenvalue weighted by atomic mass is 35.5. The maximum atomic E-state index is 12.2. The fourth-order valence-corrected chi connectivity index (χ4v) is 3.50. The Bertz CT molecular complexity index is 1240. The minimum absolute atomic E-state index is 0.201. The fraction of sp³-hybridized carbons (Fsp3) is 0.0870. The predicted octanol–water partition coefficient (Wildman–Crippen LogP) is 5.20. The lowest BCUT2D eigenvalue weighted by molar-refractivity contribution is -0.116. The van der Waals surface area contributed by atoms with Crippen LogP contribution in [0.4, 0.5) is 5.82 Å². The van der Waals surface area contributed by atoms with E-state index in [9.17, 15) is 4.79 Å². The molecule has 0 fully saturated rings. The molecule has 0 radical (unpaired) electrons. The Kier molecular flexibility index (Phi) is 6.21. The first-order valence-electron chi connectivity index (χ1n) is 9.53. The highest BCUT2D eigenvalue weighted by Gasteiger charge is 2.14. The number of halogens is 2. The number of benzene rings is 2. The highest BCUT2D eigenvalue weighted by Crippen LogP contribution is 2.37. The summed E-state index contributed by atoms with van der Waals surface area (Å²) >= 11 is 12.7. The third-order valence-electron chi connectivity index (χ3n) is 4.79. The van der Waals surface area contributed by atoms with Gasteiger partial charge in [-0.05, 0) is 23.3 Å². The van der Waals surface area contributed by atoms with E-state index in [1.54, 1.807) is 29.6 Å². The Morgan fingerprint density at radius 1 is 1.19 bits per heavy atom. The van der Waals surface area contributed by atoms with E-state index in [0.717, 1.165) is 22.1 Å². The Morgan fingerprint density at radius 2 is 2.00 bits per heavy atom. The van der Waals surface area contributed by atoms with E-state index < -0.39 is 0 Å². The molecule has 0 aliphatic carbocycles. The van der Waals surface area contributed by atoms with Crippen molar-refractivity contribution in [2.45, 2.75) is 6.54 Å². The summed E-state index contributed by atoms with van der Waals surface area (Å²) < 4.78 is 0. The van der Waals surface area contributed by atoms with Crippen molar-refractivity contribution in [3.63, 3.8) is 0 Å². The molecule has 0 unspecified atom stereocenters. The molecule has 31 heavy (non-hydrogen) atoms. The molecule has 0 bridgehead atoms. The summed E-state index contributed by atoms with van der Waals surface area (Å²) in [7, 11) is 1.81. The maximum Gasteiger partial charge on any atom is 0.245 e. The number of pyridine rings is 1. The number of nitrogens with zero attached hydrogens (tertiary/aromatic N) is 3. The van der Waals surface area contributed by atoms with Gasteiger partial charge in [-0.2, -0.15) is 5.10 Å². The normalized spacial score (nSPS) is 11.2. The van der Waals surface area contributed by atoms with Gasteiger partial charge in [0.15, 0.2) is 0 Å². The summed E-state index contributed by atoms with van der Waals surface area (Å²) in [5.41, 5.74) is 3.41. The topological polar surface area (TPSA) is 73.9 Å². The molecule has 2 aromatic carbocycles. The van der Waals surface area contributed by atoms with Crippen LogP contribution in [-0.4, -0.2) is 28.1 Å². The van der Waals surface area contributed by atoms with Crippen LogP contribution < -0.4 is 10.2 Å². The minimum Gasteiger partial charge on any atom is -0.348 e. The second-order valence-electron chi connectivity index (χ2n) is 6.90. The summed E-state index contributed by atoms with van der Waals surface area (Å²) in [5.74, 6) is 0.410. The molecule has 2 aromatic heterocycles. The van der Waals surface area contributed by atoms with E-state index in [-0.39, 0.29) is 5.91 Å². The Labute approximate surface area is 189 Å². The zero-order valence-electron chi connectivity index (χ0n) is 16.6. The van der Waals surface area contributed by atoms with Crippen LogP contribution in [0.15, 0.2) is 73.2 Å². The van der Waals surface area contributed by atoms with Crippen molar-refractivity contribution in [2.75, 3.05) is 11.9 Å². The van der Waals surface area contributed by atoms with Gasteiger partial charge in [-0.3, -0.25) is 9.89 Å². The first-order valence-corrected chi connectivity index (χ1v) is 10.3. The van der Waals surface area contributed by atoms with Crippen LogP contribution >= 0.6 is 23.2 Å². The van der Waals surface area contributed by atoms with Gasteiger partial charge in [0, 0.05) is 43.0 Å². The van der Waals surface area contributed by atoms with Crippen molar-refractivity contribution in [1.29, 1.82) is 0 Å². The van der Waals surface area contributed by atoms with Gasteiger partial charge in [0.05, 0.1) is 21.8 Å². The predicted molar refractivity (Wildman–Crippen MR) is 125 cm³/mol. The van der Waals surface area contributed by atoms with Gasteiger partial charge in [-0.1, -0.05) is 59.6 Å². The van der Waals surface area contributed by atoms with E-state index in [4.69, 9.17) is 23.2 Å². The molecule has 0 aliphatic heterocycles. The number of nitrogens with one attached hydrogen (secondary N) is 2. The van der Waals surface area contributed by atoms with Crippen LogP contribution in [0, 0.1) is 0 Å². The van der Waals surface area contributed by atoms with Crippen molar-refractivity contribution in [3.05, 3.63) is 88.8 Å². The SMILES string of the molecule is CN(C=CC(=O)NCc1ccccc1)c1cc(-c2cn[nH]c2)c2ccc(Cl)c(Cl)c2n1. The van der Waals surface area contributed by atoms with E-state index in [1.165, 1.54) is 6.08 Å². The molecular weight excluding hydrogens is 433 g/mol. The lowest BCUT2D eigenvalue weighted by Crippen LogP contribution is -2.21. The Hall–Kier alpha value is -3.35. The molecule has 4 rings (SSSR count). The molecule has 0 saturated carbocycles. The zero-order chi connectivity index (χ0) is 21.8. The van der Waals surface area contributed by atoms with Gasteiger partial charge in [0.2, 0.25) is 5.91 Å². The number of hydrogen-bond donors (Lipinski definition) is 2. The standard InChI is InChI=1S/C23H19Cl2N5O/c1-30(10-9-21(31)26-12-15-5-3-2-4-6-15)20-11-18(16-13-27-28-14-16)17-7-8-19(24)22(25)23(17)29-20/h2-11,13-14H,12H2,1H3,(H,26,31)(H,27,28). The molecule has 8 heteroatoms. The molecule has 4 aromatic rings. The number of rotatable bonds is 6. The molecular formula is C23H19Cl2N5O. The summed E-state index contributed by atoms with van der Waals surface area (Å²) in [6.07, 6.45) is 6.65. The van der Waals surface area contributed by atoms with E-state index in [0.29, 0.717) is 27.9 Å². The molecule has 0 atom stereocenters. The average molecular weight is 452 g/mol. The van der Waals surface area contributed by atoms with Crippen LogP contribution in [0.5, 0.6) is 0 Å². The number of amides is 1. The quantitative estimate of drug-likeness (QED) is 0.395. The number of H-pyrrole nitrogens is 1. The van der Waals surface area contributed by atoms with Crippen molar-refractivity contribution < 1.29 is 4.79 Å². The summed E-state index contributed by atoms with van der Waals surface area (Å²) in [4.78, 5) is 18.6. The number of fused-ring (bicyclic) bond motifs is 1. The van der Waals surface area contributed by atoms with Gasteiger partial charge in [0.1, 0.15) is 5.82 Å². The van der Waals surface area contributed by atoms with Gasteiger partial charge < -0.3 is 10.2 Å². The smallest absolute Gasteiger partial charge is 0.245 e. The highest BCUT2D eigenvalue weighted by molar-refractivity contribution is 6.45. The number of hydrogen-bond acceptors (Lipinski definition) is 4. The second kappa shape index (κ2) is 9.20. The van der Waals surface area contributed by atoms with Crippen LogP contribution in [0.2, 0.25) is 10.0 Å². The molecule has 0 aliphatic rings. The summed E-state index contributed by atoms with van der Waals surface area (Å²) in [6.45, 7) is 0.459. The van der Waals surface area contributed by atoms with Gasteiger partial charge in [-0.25, -0.2) is 4.98 Å². The van der Waals surface area contributed by atoms with E-state index in [1.807, 2.05) is 49.5 Å². The van der Waals surface area contributed by atoms with Crippen molar-refractivity contribution in [3.8, 4) is 11.1 Å². The van der Waals surface area contributed by atoms with Crippen molar-refractivity contribution in [1.82, 2.24) is 20.5 Å². The summed E-state index contributed by atoms with van der Waals surface area (Å²) in [6, 6.07) is 15.3. The molecule has 2 heterocycles. The largest absolute Gasteiger partial charge is 0.348 e. The first-order chi connectivity index (χ1) is 15.0. The van der Waals surface area contributed by atoms with Gasteiger partial charge >= 0.3 is 0 Å². The third-order valence-corrected chi connectivity index (χ3v) is 5.58. The van der Waals surface area contributed by atoms with E-state index >= 15 is 0 Å². The molecule has 1 amide bonds. The molecule has 0 spiro atoms. The number of carbonyl (C=O) groups is 1. The molecule has 156 valence electrons. The Balaban J connectivity index is 1.60. The molecule has 6 nitrogen and oxygen atoms in total. The van der Waals surface area contributed by atoms with Crippen molar-refractivity contribution >= 4 is 45.8 Å². The number of aromatic nitrogens is 3. The Morgan fingerprint density at radius 3 is 2.74 bits per heavy atom. The molecule has 0 saturated heterocycles. The zero-order valence-corrected chi connectivity index (χ0v) is 18.2. The minimum atomic E-state index is -0.201. The number of carbonyl (C=O) groups excluding carboxylic acids is 1. The lowest BCUT2D eigenvalue weighted by Gasteiger charge is -2.16. The second-order valence-corrected chi connectivity index (χ2v) is 7.69. The lowest BCUT2D eigenvalue weighted by atomic mass is 10.0. The number of anilines is 1.